The molecule has 28 heavy (non-hydrogen) atoms. The fourth-order valence-electron chi connectivity index (χ4n) is 4.84. The average molecular weight is 386 g/mol. The van der Waals surface area contributed by atoms with Crippen LogP contribution in [-0.4, -0.2) is 69.2 Å². The number of carbonyl (C=O) groups is 2. The van der Waals surface area contributed by atoms with Crippen LogP contribution in [0.1, 0.15) is 62.7 Å². The summed E-state index contributed by atoms with van der Waals surface area (Å²) < 4.78 is 0. The minimum absolute atomic E-state index is 0.00329. The minimum atomic E-state index is 0.00329. The monoisotopic (exact) mass is 385 g/mol. The fraction of sp³-hybridized carbons (Fsp3) is 0.714. The SMILES string of the molecule is CC(=O)N1CCC[C@H]1c1ncc2c(n1)CCN(C(=O)CN1CCC[C@@H](C)C1)C2. The van der Waals surface area contributed by atoms with Gasteiger partial charge in [-0.3, -0.25) is 14.5 Å². The maximum absolute atomic E-state index is 12.8. The molecule has 2 amide bonds. The van der Waals surface area contributed by atoms with Crippen LogP contribution in [0.25, 0.3) is 0 Å². The summed E-state index contributed by atoms with van der Waals surface area (Å²) in [5.41, 5.74) is 2.08. The van der Waals surface area contributed by atoms with Gasteiger partial charge in [-0.1, -0.05) is 6.92 Å². The molecular formula is C21H31N5O2. The van der Waals surface area contributed by atoms with E-state index in [4.69, 9.17) is 4.98 Å². The summed E-state index contributed by atoms with van der Waals surface area (Å²) in [6, 6.07) is 0.00329. The van der Waals surface area contributed by atoms with E-state index in [0.29, 0.717) is 25.6 Å². The Morgan fingerprint density at radius 3 is 2.79 bits per heavy atom. The molecule has 4 rings (SSSR count). The zero-order valence-electron chi connectivity index (χ0n) is 17.1. The lowest BCUT2D eigenvalue weighted by Gasteiger charge is -2.34. The first kappa shape index (κ1) is 19.3. The molecule has 0 saturated carbocycles. The summed E-state index contributed by atoms with van der Waals surface area (Å²) in [4.78, 5) is 40.1. The molecule has 1 aromatic heterocycles. The van der Waals surface area contributed by atoms with Crippen molar-refractivity contribution in [1.82, 2.24) is 24.7 Å². The van der Waals surface area contributed by atoms with E-state index in [9.17, 15) is 9.59 Å². The van der Waals surface area contributed by atoms with Crippen LogP contribution in [0.5, 0.6) is 0 Å². The largest absolute Gasteiger partial charge is 0.337 e. The van der Waals surface area contributed by atoms with E-state index in [1.807, 2.05) is 16.0 Å². The molecule has 7 nitrogen and oxygen atoms in total. The summed E-state index contributed by atoms with van der Waals surface area (Å²) in [6.07, 6.45) is 7.02. The van der Waals surface area contributed by atoms with Gasteiger partial charge in [0.1, 0.15) is 0 Å². The summed E-state index contributed by atoms with van der Waals surface area (Å²) in [5.74, 6) is 1.74. The second kappa shape index (κ2) is 8.15. The van der Waals surface area contributed by atoms with Crippen molar-refractivity contribution in [1.29, 1.82) is 0 Å². The second-order valence-corrected chi connectivity index (χ2v) is 8.62. The molecule has 0 N–H and O–H groups in total. The first-order valence-electron chi connectivity index (χ1n) is 10.6. The molecule has 3 aliphatic rings. The standard InChI is InChI=1S/C21H31N5O2/c1-15-5-3-8-24(12-15)14-20(28)25-10-7-18-17(13-25)11-22-21(23-18)19-6-4-9-26(19)16(2)27/h11,15,19H,3-10,12-14H2,1-2H3/t15-,19+/m1/s1. The second-order valence-electron chi connectivity index (χ2n) is 8.62. The van der Waals surface area contributed by atoms with E-state index in [-0.39, 0.29) is 17.9 Å². The molecule has 2 fully saturated rings. The highest BCUT2D eigenvalue weighted by molar-refractivity contribution is 5.78. The Morgan fingerprint density at radius 1 is 1.18 bits per heavy atom. The molecule has 0 unspecified atom stereocenters. The zero-order valence-corrected chi connectivity index (χ0v) is 17.1. The highest BCUT2D eigenvalue weighted by Gasteiger charge is 2.31. The van der Waals surface area contributed by atoms with Gasteiger partial charge in [-0.15, -0.1) is 0 Å². The molecule has 2 saturated heterocycles. The molecule has 3 aliphatic heterocycles. The predicted molar refractivity (Wildman–Crippen MR) is 105 cm³/mol. The maximum Gasteiger partial charge on any atom is 0.237 e. The molecule has 7 heteroatoms. The number of aromatic nitrogens is 2. The van der Waals surface area contributed by atoms with Crippen LogP contribution < -0.4 is 0 Å². The van der Waals surface area contributed by atoms with E-state index in [1.54, 1.807) is 6.92 Å². The number of amides is 2. The summed E-state index contributed by atoms with van der Waals surface area (Å²) in [7, 11) is 0. The van der Waals surface area contributed by atoms with Gasteiger partial charge in [0.15, 0.2) is 5.82 Å². The quantitative estimate of drug-likeness (QED) is 0.793. The Kier molecular flexibility index (Phi) is 5.62. The van der Waals surface area contributed by atoms with E-state index in [2.05, 4.69) is 16.8 Å². The maximum atomic E-state index is 12.8. The Labute approximate surface area is 167 Å². The van der Waals surface area contributed by atoms with E-state index < -0.39 is 0 Å². The highest BCUT2D eigenvalue weighted by Crippen LogP contribution is 2.30. The molecule has 1 aromatic rings. The van der Waals surface area contributed by atoms with Gasteiger partial charge in [0, 0.05) is 51.3 Å². The summed E-state index contributed by atoms with van der Waals surface area (Å²) >= 11 is 0. The Morgan fingerprint density at radius 2 is 2.00 bits per heavy atom. The molecule has 4 heterocycles. The normalized spacial score (nSPS) is 25.6. The number of fused-ring (bicyclic) bond motifs is 1. The van der Waals surface area contributed by atoms with Gasteiger partial charge in [0.2, 0.25) is 11.8 Å². The fourth-order valence-corrected chi connectivity index (χ4v) is 4.84. The number of carbonyl (C=O) groups excluding carboxylic acids is 2. The summed E-state index contributed by atoms with van der Waals surface area (Å²) in [5, 5.41) is 0. The number of hydrogen-bond donors (Lipinski definition) is 0. The lowest BCUT2D eigenvalue weighted by Crippen LogP contribution is -2.45. The average Bonchev–Trinajstić information content (AvgIpc) is 3.17. The number of piperidine rings is 1. The molecule has 0 aliphatic carbocycles. The molecule has 2 atom stereocenters. The van der Waals surface area contributed by atoms with Gasteiger partial charge < -0.3 is 9.80 Å². The molecule has 0 spiro atoms. The zero-order chi connectivity index (χ0) is 19.7. The van der Waals surface area contributed by atoms with E-state index >= 15 is 0 Å². The van der Waals surface area contributed by atoms with Crippen molar-refractivity contribution in [2.24, 2.45) is 5.92 Å². The van der Waals surface area contributed by atoms with Crippen LogP contribution in [0.15, 0.2) is 6.20 Å². The van der Waals surface area contributed by atoms with E-state index in [1.165, 1.54) is 12.8 Å². The summed E-state index contributed by atoms with van der Waals surface area (Å²) in [6.45, 7) is 8.55. The third kappa shape index (κ3) is 4.04. The molecular weight excluding hydrogens is 354 g/mol. The van der Waals surface area contributed by atoms with Gasteiger partial charge in [-0.2, -0.15) is 0 Å². The molecule has 0 bridgehead atoms. The van der Waals surface area contributed by atoms with Crippen LogP contribution in [0, 0.1) is 5.92 Å². The number of hydrogen-bond acceptors (Lipinski definition) is 5. The number of likely N-dealkylation sites (tertiary alicyclic amines) is 2. The Hall–Kier alpha value is -2.02. The van der Waals surface area contributed by atoms with E-state index in [0.717, 1.165) is 56.0 Å². The van der Waals surface area contributed by atoms with Crippen LogP contribution >= 0.6 is 0 Å². The van der Waals surface area contributed by atoms with Crippen LogP contribution in [0.2, 0.25) is 0 Å². The van der Waals surface area contributed by atoms with Crippen LogP contribution in [0.3, 0.4) is 0 Å². The lowest BCUT2D eigenvalue weighted by molar-refractivity contribution is -0.134. The Balaban J connectivity index is 1.40. The first-order valence-corrected chi connectivity index (χ1v) is 10.6. The third-order valence-corrected chi connectivity index (χ3v) is 6.36. The van der Waals surface area contributed by atoms with Crippen molar-refractivity contribution < 1.29 is 9.59 Å². The van der Waals surface area contributed by atoms with Crippen molar-refractivity contribution in [2.75, 3.05) is 32.7 Å². The van der Waals surface area contributed by atoms with Gasteiger partial charge >= 0.3 is 0 Å². The van der Waals surface area contributed by atoms with Gasteiger partial charge in [0.25, 0.3) is 0 Å². The van der Waals surface area contributed by atoms with Gasteiger partial charge in [-0.05, 0) is 38.1 Å². The smallest absolute Gasteiger partial charge is 0.237 e. The minimum Gasteiger partial charge on any atom is -0.337 e. The highest BCUT2D eigenvalue weighted by atomic mass is 16.2. The van der Waals surface area contributed by atoms with Crippen molar-refractivity contribution in [2.45, 2.75) is 58.5 Å². The first-order chi connectivity index (χ1) is 13.5. The third-order valence-electron chi connectivity index (χ3n) is 6.36. The molecule has 152 valence electrons. The predicted octanol–water partition coefficient (Wildman–Crippen LogP) is 1.78. The molecule has 0 radical (unpaired) electrons. The van der Waals surface area contributed by atoms with Gasteiger partial charge in [0.05, 0.1) is 18.3 Å². The van der Waals surface area contributed by atoms with Crippen LogP contribution in [0.4, 0.5) is 0 Å². The van der Waals surface area contributed by atoms with Crippen molar-refractivity contribution in [3.8, 4) is 0 Å². The van der Waals surface area contributed by atoms with Crippen molar-refractivity contribution >= 4 is 11.8 Å². The lowest BCUT2D eigenvalue weighted by atomic mass is 10.0. The number of nitrogens with zero attached hydrogens (tertiary/aromatic N) is 5. The van der Waals surface area contributed by atoms with Crippen LogP contribution in [-0.2, 0) is 22.6 Å². The van der Waals surface area contributed by atoms with Gasteiger partial charge in [-0.25, -0.2) is 9.97 Å². The Bertz CT molecular complexity index is 752. The van der Waals surface area contributed by atoms with Crippen molar-refractivity contribution in [3.63, 3.8) is 0 Å². The van der Waals surface area contributed by atoms with Crippen molar-refractivity contribution in [3.05, 3.63) is 23.3 Å². The molecule has 0 aromatic carbocycles. The topological polar surface area (TPSA) is 69.6 Å². The number of rotatable bonds is 3.